The van der Waals surface area contributed by atoms with Gasteiger partial charge in [-0.25, -0.2) is 0 Å². The van der Waals surface area contributed by atoms with Crippen molar-refractivity contribution in [1.82, 2.24) is 10.3 Å². The van der Waals surface area contributed by atoms with Crippen molar-refractivity contribution < 1.29 is 4.79 Å². The minimum Gasteiger partial charge on any atom is -0.354 e. The number of hydrogen-bond acceptors (Lipinski definition) is 2. The van der Waals surface area contributed by atoms with Gasteiger partial charge < -0.3 is 10.3 Å². The molecule has 2 N–H and O–H groups in total. The van der Waals surface area contributed by atoms with Gasteiger partial charge in [0.25, 0.3) is 0 Å². The van der Waals surface area contributed by atoms with Crippen LogP contribution in [0.4, 0.5) is 0 Å². The molecule has 4 rings (SSSR count). The highest BCUT2D eigenvalue weighted by molar-refractivity contribution is 7.99. The Morgan fingerprint density at radius 3 is 2.38 bits per heavy atom. The summed E-state index contributed by atoms with van der Waals surface area (Å²) in [5, 5.41) is 4.18. The quantitative estimate of drug-likeness (QED) is 0.236. The van der Waals surface area contributed by atoms with Crippen LogP contribution in [0.5, 0.6) is 0 Å². The van der Waals surface area contributed by atoms with E-state index < -0.39 is 0 Å². The molecule has 0 spiro atoms. The van der Waals surface area contributed by atoms with E-state index >= 15 is 0 Å². The Kier molecular flexibility index (Phi) is 6.13. The summed E-state index contributed by atoms with van der Waals surface area (Å²) in [5.74, 6) is 0.726. The smallest absolute Gasteiger partial charge is 0.244 e. The normalized spacial score (nSPS) is 11.2. The van der Waals surface area contributed by atoms with Gasteiger partial charge in [0.05, 0.1) is 5.69 Å². The predicted molar refractivity (Wildman–Crippen MR) is 123 cm³/mol. The molecule has 1 aromatic heterocycles. The first-order valence-corrected chi connectivity index (χ1v) is 10.6. The van der Waals surface area contributed by atoms with Gasteiger partial charge in [0.2, 0.25) is 5.91 Å². The number of fused-ring (bicyclic) bond motifs is 1. The van der Waals surface area contributed by atoms with Crippen molar-refractivity contribution >= 4 is 34.6 Å². The number of benzene rings is 3. The number of nitrogens with one attached hydrogen (secondary N) is 2. The van der Waals surface area contributed by atoms with Crippen LogP contribution in [-0.2, 0) is 4.79 Å². The van der Waals surface area contributed by atoms with Gasteiger partial charge in [0.15, 0.2) is 0 Å². The van der Waals surface area contributed by atoms with Crippen molar-refractivity contribution in [3.05, 3.63) is 96.6 Å². The summed E-state index contributed by atoms with van der Waals surface area (Å²) in [6.07, 6.45) is 3.41. The van der Waals surface area contributed by atoms with E-state index in [0.29, 0.717) is 6.54 Å². The highest BCUT2D eigenvalue weighted by Gasteiger charge is 2.13. The summed E-state index contributed by atoms with van der Waals surface area (Å²) in [7, 11) is 0. The lowest BCUT2D eigenvalue weighted by Crippen LogP contribution is -2.23. The maximum Gasteiger partial charge on any atom is 0.244 e. The summed E-state index contributed by atoms with van der Waals surface area (Å²) >= 11 is 1.76. The van der Waals surface area contributed by atoms with Crippen LogP contribution >= 0.6 is 11.8 Å². The fourth-order valence-corrected chi connectivity index (χ4v) is 4.25. The van der Waals surface area contributed by atoms with Crippen LogP contribution in [0.2, 0.25) is 0 Å². The van der Waals surface area contributed by atoms with E-state index in [9.17, 15) is 4.79 Å². The summed E-state index contributed by atoms with van der Waals surface area (Å²) in [6.45, 7) is 0.608. The van der Waals surface area contributed by atoms with E-state index in [1.807, 2.05) is 48.5 Å². The molecule has 0 atom stereocenters. The number of carbonyl (C=O) groups excluding carboxylic acids is 1. The number of amides is 1. The topological polar surface area (TPSA) is 44.9 Å². The molecule has 4 aromatic rings. The molecule has 0 unspecified atom stereocenters. The van der Waals surface area contributed by atoms with Crippen molar-refractivity contribution in [2.24, 2.45) is 0 Å². The maximum atomic E-state index is 12.1. The third-order valence-electron chi connectivity index (χ3n) is 4.60. The predicted octanol–water partition coefficient (Wildman–Crippen LogP) is 5.76. The first-order valence-electron chi connectivity index (χ1n) is 9.61. The monoisotopic (exact) mass is 398 g/mol. The molecule has 0 saturated carbocycles. The fourth-order valence-electron chi connectivity index (χ4n) is 3.20. The second kappa shape index (κ2) is 9.30. The molecule has 144 valence electrons. The molecular formula is C25H22N2OS. The van der Waals surface area contributed by atoms with Crippen molar-refractivity contribution in [2.75, 3.05) is 12.3 Å². The van der Waals surface area contributed by atoms with Crippen LogP contribution in [0.15, 0.2) is 95.9 Å². The van der Waals surface area contributed by atoms with E-state index in [4.69, 9.17) is 0 Å². The van der Waals surface area contributed by atoms with Crippen molar-refractivity contribution in [3.8, 4) is 11.3 Å². The Morgan fingerprint density at radius 1 is 0.897 bits per heavy atom. The van der Waals surface area contributed by atoms with E-state index in [1.165, 1.54) is 15.8 Å². The van der Waals surface area contributed by atoms with E-state index in [1.54, 1.807) is 17.8 Å². The van der Waals surface area contributed by atoms with Gasteiger partial charge in [-0.1, -0.05) is 78.9 Å². The Morgan fingerprint density at radius 2 is 1.59 bits per heavy atom. The molecule has 0 radical (unpaired) electrons. The zero-order valence-corrected chi connectivity index (χ0v) is 16.8. The summed E-state index contributed by atoms with van der Waals surface area (Å²) in [5.41, 5.74) is 4.44. The zero-order chi connectivity index (χ0) is 19.9. The molecule has 3 nitrogen and oxygen atoms in total. The largest absolute Gasteiger partial charge is 0.354 e. The average molecular weight is 399 g/mol. The molecule has 3 aromatic carbocycles. The zero-order valence-electron chi connectivity index (χ0n) is 16.0. The minimum absolute atomic E-state index is 0.0725. The first-order chi connectivity index (χ1) is 14.3. The molecule has 0 aliphatic carbocycles. The minimum atomic E-state index is -0.0725. The molecule has 4 heteroatoms. The van der Waals surface area contributed by atoms with Gasteiger partial charge in [0, 0.05) is 34.2 Å². The van der Waals surface area contributed by atoms with Crippen molar-refractivity contribution in [3.63, 3.8) is 0 Å². The SMILES string of the molecule is O=C(C=Cc1ccccc1)NCCSc1c(-c2ccccc2)[nH]c2ccccc12. The van der Waals surface area contributed by atoms with E-state index in [0.717, 1.165) is 22.5 Å². The lowest BCUT2D eigenvalue weighted by molar-refractivity contribution is -0.116. The van der Waals surface area contributed by atoms with Gasteiger partial charge in [0.1, 0.15) is 0 Å². The summed E-state index contributed by atoms with van der Waals surface area (Å²) < 4.78 is 0. The summed E-state index contributed by atoms with van der Waals surface area (Å²) in [4.78, 5) is 16.8. The number of thioether (sulfide) groups is 1. The van der Waals surface area contributed by atoms with Crippen LogP contribution < -0.4 is 5.32 Å². The average Bonchev–Trinajstić information content (AvgIpc) is 3.15. The van der Waals surface area contributed by atoms with Gasteiger partial charge in [-0.2, -0.15) is 0 Å². The van der Waals surface area contributed by atoms with E-state index in [2.05, 4.69) is 52.8 Å². The van der Waals surface area contributed by atoms with Crippen LogP contribution in [0.1, 0.15) is 5.56 Å². The third-order valence-corrected chi connectivity index (χ3v) is 5.72. The number of H-pyrrole nitrogens is 1. The molecule has 0 saturated heterocycles. The summed E-state index contributed by atoms with van der Waals surface area (Å²) in [6, 6.07) is 28.5. The number of carbonyl (C=O) groups is 1. The van der Waals surface area contributed by atoms with Crippen molar-refractivity contribution in [1.29, 1.82) is 0 Å². The molecule has 29 heavy (non-hydrogen) atoms. The lowest BCUT2D eigenvalue weighted by Gasteiger charge is -2.06. The molecule has 0 aliphatic rings. The highest BCUT2D eigenvalue weighted by atomic mass is 32.2. The maximum absolute atomic E-state index is 12.1. The number of rotatable bonds is 7. The van der Waals surface area contributed by atoms with Crippen LogP contribution in [0.25, 0.3) is 28.2 Å². The molecule has 1 amide bonds. The lowest BCUT2D eigenvalue weighted by atomic mass is 10.1. The Labute approximate surface area is 174 Å². The second-order valence-corrected chi connectivity index (χ2v) is 7.73. The highest BCUT2D eigenvalue weighted by Crippen LogP contribution is 2.37. The molecule has 1 heterocycles. The standard InChI is InChI=1S/C25H22N2OS/c28-23(16-15-19-9-3-1-4-10-19)26-17-18-29-25-21-13-7-8-14-22(21)27-24(25)20-11-5-2-6-12-20/h1-16,27H,17-18H2,(H,26,28). The van der Waals surface area contributed by atoms with E-state index in [-0.39, 0.29) is 5.91 Å². The Bertz CT molecular complexity index is 1120. The molecule has 0 aliphatic heterocycles. The first kappa shape index (κ1) is 19.1. The van der Waals surface area contributed by atoms with Crippen LogP contribution in [0, 0.1) is 0 Å². The van der Waals surface area contributed by atoms with Crippen LogP contribution in [-0.4, -0.2) is 23.2 Å². The second-order valence-electron chi connectivity index (χ2n) is 6.62. The Hall–Kier alpha value is -3.24. The third kappa shape index (κ3) is 4.79. The van der Waals surface area contributed by atoms with Crippen molar-refractivity contribution in [2.45, 2.75) is 4.90 Å². The van der Waals surface area contributed by atoms with Gasteiger partial charge >= 0.3 is 0 Å². The molecule has 0 bridgehead atoms. The van der Waals surface area contributed by atoms with Crippen LogP contribution in [0.3, 0.4) is 0 Å². The number of hydrogen-bond donors (Lipinski definition) is 2. The number of aromatic amines is 1. The molecule has 0 fully saturated rings. The van der Waals surface area contributed by atoms with Gasteiger partial charge in [-0.15, -0.1) is 11.8 Å². The van der Waals surface area contributed by atoms with Gasteiger partial charge in [-0.3, -0.25) is 4.79 Å². The number of aromatic nitrogens is 1. The molecular weight excluding hydrogens is 376 g/mol. The fraction of sp³-hybridized carbons (Fsp3) is 0.0800. The Balaban J connectivity index is 1.41. The number of para-hydroxylation sites is 1. The van der Waals surface area contributed by atoms with Gasteiger partial charge in [-0.05, 0) is 23.3 Å².